The van der Waals surface area contributed by atoms with Gasteiger partial charge in [-0.2, -0.15) is 10.1 Å². The third-order valence-electron chi connectivity index (χ3n) is 3.53. The molecule has 0 aliphatic carbocycles. The highest BCUT2D eigenvalue weighted by Crippen LogP contribution is 2.33. The van der Waals surface area contributed by atoms with Gasteiger partial charge in [-0.3, -0.25) is 5.41 Å². The first-order valence-electron chi connectivity index (χ1n) is 7.48. The number of pyridine rings is 1. The van der Waals surface area contributed by atoms with Crippen LogP contribution in [-0.2, 0) is 0 Å². The van der Waals surface area contributed by atoms with Gasteiger partial charge in [0.2, 0.25) is 5.96 Å². The summed E-state index contributed by atoms with van der Waals surface area (Å²) in [6.45, 7) is 0. The fourth-order valence-electron chi connectivity index (χ4n) is 2.29. The molecule has 0 saturated heterocycles. The number of amidine groups is 1. The van der Waals surface area contributed by atoms with Crippen LogP contribution in [0.15, 0.2) is 68.4 Å². The molecule has 3 rings (SSSR count). The molecule has 3 aromatic rings. The van der Waals surface area contributed by atoms with E-state index in [1.807, 2.05) is 18.2 Å². The van der Waals surface area contributed by atoms with Gasteiger partial charge in [-0.15, -0.1) is 5.11 Å². The van der Waals surface area contributed by atoms with Gasteiger partial charge >= 0.3 is 0 Å². The molecule has 0 bridgehead atoms. The summed E-state index contributed by atoms with van der Waals surface area (Å²) in [5, 5.41) is 17.4. The number of nitrogens with one attached hydrogen (secondary N) is 1. The molecule has 7 N–H and O–H groups in total. The van der Waals surface area contributed by atoms with Crippen LogP contribution in [0.2, 0.25) is 0 Å². The molecule has 0 spiro atoms. The topological polar surface area (TPSA) is 152 Å². The summed E-state index contributed by atoms with van der Waals surface area (Å²) in [6, 6.07) is 12.7. The second-order valence-corrected chi connectivity index (χ2v) is 6.27. The number of anilines is 1. The summed E-state index contributed by atoms with van der Waals surface area (Å²) in [5.74, 6) is 0.110. The molecule has 9 heteroatoms. The predicted molar refractivity (Wildman–Crippen MR) is 107 cm³/mol. The van der Waals surface area contributed by atoms with Crippen molar-refractivity contribution in [3.05, 3.63) is 58.7 Å². The molecular weight excluding hydrogens is 396 g/mol. The number of halogens is 1. The standard InChI is InChI=1S/C17H15BrN8/c18-11-4-1-10-8-23-16(20)14(13(10)7-11)26-25-12-5-2-9(3-6-12)15(19)24-17(21)22/h1-8H,(H2,20,23)(H5,19,21,22,24). The Bertz CT molecular complexity index is 1040. The normalized spacial score (nSPS) is 12.0. The van der Waals surface area contributed by atoms with Crippen LogP contribution in [0.5, 0.6) is 0 Å². The van der Waals surface area contributed by atoms with Crippen molar-refractivity contribution in [2.45, 2.75) is 0 Å². The van der Waals surface area contributed by atoms with Crippen molar-refractivity contribution < 1.29 is 0 Å². The molecule has 0 unspecified atom stereocenters. The summed E-state index contributed by atoms with van der Waals surface area (Å²) in [7, 11) is 0. The Labute approximate surface area is 157 Å². The maximum absolute atomic E-state index is 7.13. The molecule has 0 saturated carbocycles. The van der Waals surface area contributed by atoms with Gasteiger partial charge in [0.15, 0.2) is 5.82 Å². The molecule has 0 amide bonds. The zero-order valence-corrected chi connectivity index (χ0v) is 15.1. The lowest BCUT2D eigenvalue weighted by Gasteiger charge is -2.05. The van der Waals surface area contributed by atoms with Crippen molar-refractivity contribution in [3.8, 4) is 0 Å². The van der Waals surface area contributed by atoms with Crippen molar-refractivity contribution in [1.29, 1.82) is 5.41 Å². The second kappa shape index (κ2) is 7.28. The van der Waals surface area contributed by atoms with E-state index in [1.165, 1.54) is 0 Å². The van der Waals surface area contributed by atoms with Gasteiger partial charge in [0.1, 0.15) is 11.5 Å². The van der Waals surface area contributed by atoms with Crippen LogP contribution >= 0.6 is 15.9 Å². The molecule has 0 atom stereocenters. The van der Waals surface area contributed by atoms with Gasteiger partial charge in [0, 0.05) is 27.0 Å². The maximum atomic E-state index is 7.13. The molecule has 0 aliphatic heterocycles. The van der Waals surface area contributed by atoms with E-state index >= 15 is 0 Å². The number of nitrogens with zero attached hydrogens (tertiary/aromatic N) is 4. The van der Waals surface area contributed by atoms with Gasteiger partial charge in [-0.05, 0) is 36.4 Å². The average Bonchev–Trinajstić information content (AvgIpc) is 2.60. The van der Waals surface area contributed by atoms with Crippen LogP contribution < -0.4 is 17.2 Å². The number of nitrogens with two attached hydrogens (primary N) is 3. The molecule has 26 heavy (non-hydrogen) atoms. The Kier molecular flexibility index (Phi) is 4.90. The van der Waals surface area contributed by atoms with E-state index < -0.39 is 0 Å². The number of nitrogen functional groups attached to an aromatic ring is 1. The van der Waals surface area contributed by atoms with E-state index in [0.29, 0.717) is 22.8 Å². The summed E-state index contributed by atoms with van der Waals surface area (Å²) < 4.78 is 0.914. The minimum absolute atomic E-state index is 0.160. The lowest BCUT2D eigenvalue weighted by atomic mass is 10.1. The Hall–Kier alpha value is -3.33. The Morgan fingerprint density at radius 3 is 2.46 bits per heavy atom. The number of fused-ring (bicyclic) bond motifs is 1. The first kappa shape index (κ1) is 17.5. The molecule has 8 nitrogen and oxygen atoms in total. The molecule has 0 radical (unpaired) electrons. The van der Waals surface area contributed by atoms with Gasteiger partial charge in [-0.1, -0.05) is 22.0 Å². The second-order valence-electron chi connectivity index (χ2n) is 5.35. The number of azo groups is 1. The van der Waals surface area contributed by atoms with E-state index in [4.69, 9.17) is 22.6 Å². The van der Waals surface area contributed by atoms with Crippen molar-refractivity contribution in [2.75, 3.05) is 5.73 Å². The van der Waals surface area contributed by atoms with Crippen molar-refractivity contribution in [2.24, 2.45) is 26.7 Å². The zero-order valence-electron chi connectivity index (χ0n) is 13.5. The van der Waals surface area contributed by atoms with Crippen molar-refractivity contribution in [3.63, 3.8) is 0 Å². The molecule has 2 aromatic carbocycles. The molecule has 1 aromatic heterocycles. The number of guanidine groups is 1. The number of benzene rings is 2. The smallest absolute Gasteiger partial charge is 0.214 e. The van der Waals surface area contributed by atoms with Crippen LogP contribution in [0.1, 0.15) is 5.56 Å². The minimum atomic E-state index is -0.351. The van der Waals surface area contributed by atoms with Gasteiger partial charge in [0.25, 0.3) is 0 Å². The quantitative estimate of drug-likeness (QED) is 0.296. The number of aliphatic imine (C=N–C) groups is 1. The third-order valence-corrected chi connectivity index (χ3v) is 4.02. The largest absolute Gasteiger partial charge is 0.383 e. The van der Waals surface area contributed by atoms with Gasteiger partial charge < -0.3 is 17.2 Å². The van der Waals surface area contributed by atoms with E-state index in [2.05, 4.69) is 36.1 Å². The van der Waals surface area contributed by atoms with E-state index in [0.717, 1.165) is 15.2 Å². The number of hydrogen-bond acceptors (Lipinski definition) is 5. The highest BCUT2D eigenvalue weighted by Gasteiger charge is 2.07. The predicted octanol–water partition coefficient (Wildman–Crippen LogP) is 3.59. The van der Waals surface area contributed by atoms with Gasteiger partial charge in [-0.25, -0.2) is 4.98 Å². The highest BCUT2D eigenvalue weighted by molar-refractivity contribution is 9.10. The first-order valence-corrected chi connectivity index (χ1v) is 8.27. The fraction of sp³-hybridized carbons (Fsp3) is 0. The van der Waals surface area contributed by atoms with E-state index in [9.17, 15) is 0 Å². The number of hydrogen-bond donors (Lipinski definition) is 4. The average molecular weight is 411 g/mol. The van der Waals surface area contributed by atoms with Crippen LogP contribution in [-0.4, -0.2) is 16.8 Å². The van der Waals surface area contributed by atoms with E-state index in [1.54, 1.807) is 30.5 Å². The Balaban J connectivity index is 1.93. The van der Waals surface area contributed by atoms with Crippen LogP contribution in [0, 0.1) is 5.41 Å². The zero-order chi connectivity index (χ0) is 18.7. The third kappa shape index (κ3) is 3.83. The summed E-state index contributed by atoms with van der Waals surface area (Å²) in [6.07, 6.45) is 1.70. The van der Waals surface area contributed by atoms with E-state index in [-0.39, 0.29) is 11.8 Å². The van der Waals surface area contributed by atoms with Crippen LogP contribution in [0.3, 0.4) is 0 Å². The van der Waals surface area contributed by atoms with Crippen LogP contribution in [0.25, 0.3) is 10.8 Å². The SMILES string of the molecule is N=C(N)N=C(N)c1ccc(N=Nc2c(N)ncc3ccc(Br)cc23)cc1. The van der Waals surface area contributed by atoms with Gasteiger partial charge in [0.05, 0.1) is 5.69 Å². The lowest BCUT2D eigenvalue weighted by molar-refractivity contribution is 1.22. The Morgan fingerprint density at radius 2 is 1.77 bits per heavy atom. The molecule has 0 fully saturated rings. The first-order chi connectivity index (χ1) is 12.4. The minimum Gasteiger partial charge on any atom is -0.383 e. The lowest BCUT2D eigenvalue weighted by Crippen LogP contribution is -2.18. The summed E-state index contributed by atoms with van der Waals surface area (Å²) in [5.41, 5.74) is 18.7. The molecule has 1 heterocycles. The summed E-state index contributed by atoms with van der Waals surface area (Å²) in [4.78, 5) is 7.86. The van der Waals surface area contributed by atoms with Crippen molar-refractivity contribution >= 4 is 55.7 Å². The summed E-state index contributed by atoms with van der Waals surface area (Å²) >= 11 is 3.45. The fourth-order valence-corrected chi connectivity index (χ4v) is 2.65. The molecule has 130 valence electrons. The highest BCUT2D eigenvalue weighted by atomic mass is 79.9. The monoisotopic (exact) mass is 410 g/mol. The van der Waals surface area contributed by atoms with Crippen LogP contribution in [0.4, 0.5) is 17.2 Å². The maximum Gasteiger partial charge on any atom is 0.214 e. The van der Waals surface area contributed by atoms with Crippen molar-refractivity contribution in [1.82, 2.24) is 4.98 Å². The Morgan fingerprint density at radius 1 is 1.04 bits per heavy atom. The molecular formula is C17H15BrN8. The molecule has 0 aliphatic rings. The number of rotatable bonds is 3. The number of aromatic nitrogens is 1.